The zero-order chi connectivity index (χ0) is 11.1. The van der Waals surface area contributed by atoms with Crippen molar-refractivity contribution in [3.63, 3.8) is 0 Å². The summed E-state index contributed by atoms with van der Waals surface area (Å²) in [5.74, 6) is 1.60. The molecule has 2 bridgehead atoms. The molecule has 1 N–H and O–H groups in total. The van der Waals surface area contributed by atoms with Crippen molar-refractivity contribution in [3.05, 3.63) is 29.8 Å². The summed E-state index contributed by atoms with van der Waals surface area (Å²) in [6, 6.07) is 7.55. The normalized spacial score (nSPS) is 27.8. The number of carbonyl (C=O) groups is 1. The van der Waals surface area contributed by atoms with E-state index >= 15 is 0 Å². The molecule has 84 valence electrons. The summed E-state index contributed by atoms with van der Waals surface area (Å²) in [5.41, 5.74) is 1.01. The van der Waals surface area contributed by atoms with Gasteiger partial charge in [-0.25, -0.2) is 0 Å². The third-order valence-electron chi connectivity index (χ3n) is 3.24. The van der Waals surface area contributed by atoms with Gasteiger partial charge in [0.2, 0.25) is 5.91 Å². The van der Waals surface area contributed by atoms with Crippen LogP contribution in [0.3, 0.4) is 0 Å². The molecule has 1 aromatic carbocycles. The van der Waals surface area contributed by atoms with Crippen LogP contribution in [0.5, 0.6) is 5.75 Å². The average Bonchev–Trinajstić information content (AvgIpc) is 2.82. The van der Waals surface area contributed by atoms with Gasteiger partial charge in [0.05, 0.1) is 5.25 Å². The lowest BCUT2D eigenvalue weighted by molar-refractivity contribution is -0.129. The van der Waals surface area contributed by atoms with E-state index in [0.29, 0.717) is 12.6 Å². The predicted octanol–water partition coefficient (Wildman–Crippen LogP) is 1.61. The van der Waals surface area contributed by atoms with Crippen LogP contribution in [0.25, 0.3) is 0 Å². The van der Waals surface area contributed by atoms with Crippen molar-refractivity contribution in [1.29, 1.82) is 0 Å². The SMILES string of the molecule is O=C1C2CC(CS2)N1Cc1cccc(O)c1. The number of aromatic hydroxyl groups is 1. The lowest BCUT2D eigenvalue weighted by atomic mass is 10.2. The standard InChI is InChI=1S/C12H13NO2S/c14-10-3-1-2-8(4-10)6-13-9-5-11(12(13)15)16-7-9/h1-4,9,11,14H,5-7H2. The molecule has 0 aromatic heterocycles. The second kappa shape index (κ2) is 3.70. The molecule has 4 heteroatoms. The fourth-order valence-electron chi connectivity index (χ4n) is 2.42. The Balaban J connectivity index is 1.78. The summed E-state index contributed by atoms with van der Waals surface area (Å²) in [5, 5.41) is 9.57. The Hall–Kier alpha value is -1.16. The number of carbonyl (C=O) groups excluding carboxylic acids is 1. The first-order valence-electron chi connectivity index (χ1n) is 5.44. The van der Waals surface area contributed by atoms with Crippen LogP contribution in [0.15, 0.2) is 24.3 Å². The van der Waals surface area contributed by atoms with Crippen LogP contribution in [0, 0.1) is 0 Å². The van der Waals surface area contributed by atoms with E-state index < -0.39 is 0 Å². The first-order chi connectivity index (χ1) is 7.74. The first kappa shape index (κ1) is 10.0. The van der Waals surface area contributed by atoms with Crippen molar-refractivity contribution in [2.75, 3.05) is 5.75 Å². The highest BCUT2D eigenvalue weighted by Crippen LogP contribution is 2.39. The number of nitrogens with zero attached hydrogens (tertiary/aromatic N) is 1. The maximum atomic E-state index is 11.9. The quantitative estimate of drug-likeness (QED) is 0.846. The van der Waals surface area contributed by atoms with Crippen LogP contribution in [-0.4, -0.2) is 33.0 Å². The largest absolute Gasteiger partial charge is 0.508 e. The molecule has 0 spiro atoms. The lowest BCUT2D eigenvalue weighted by Gasteiger charge is -2.26. The van der Waals surface area contributed by atoms with Crippen molar-refractivity contribution < 1.29 is 9.90 Å². The summed E-state index contributed by atoms with van der Waals surface area (Å²) in [6.07, 6.45) is 1.00. The number of hydrogen-bond acceptors (Lipinski definition) is 3. The molecular formula is C12H13NO2S. The number of phenols is 1. The molecule has 0 radical (unpaired) electrons. The number of hydrogen-bond donors (Lipinski definition) is 1. The molecule has 0 aliphatic carbocycles. The van der Waals surface area contributed by atoms with E-state index in [9.17, 15) is 9.90 Å². The molecule has 2 heterocycles. The lowest BCUT2D eigenvalue weighted by Crippen LogP contribution is -2.38. The van der Waals surface area contributed by atoms with Crippen LogP contribution >= 0.6 is 11.8 Å². The van der Waals surface area contributed by atoms with Crippen molar-refractivity contribution in [3.8, 4) is 5.75 Å². The van der Waals surface area contributed by atoms with Gasteiger partial charge in [-0.15, -0.1) is 11.8 Å². The Labute approximate surface area is 98.4 Å². The number of benzene rings is 1. The molecule has 2 unspecified atom stereocenters. The minimum Gasteiger partial charge on any atom is -0.508 e. The van der Waals surface area contributed by atoms with Gasteiger partial charge in [0.1, 0.15) is 5.75 Å². The van der Waals surface area contributed by atoms with Crippen LogP contribution in [0.1, 0.15) is 12.0 Å². The molecule has 2 saturated heterocycles. The summed E-state index contributed by atoms with van der Waals surface area (Å²) in [4.78, 5) is 13.9. The number of phenolic OH excluding ortho intramolecular Hbond substituents is 1. The zero-order valence-corrected chi connectivity index (χ0v) is 9.61. The molecule has 2 aliphatic rings. The Bertz CT molecular complexity index is 435. The fraction of sp³-hybridized carbons (Fsp3) is 0.417. The number of rotatable bonds is 2. The summed E-state index contributed by atoms with van der Waals surface area (Å²) in [7, 11) is 0. The Morgan fingerprint density at radius 3 is 3.06 bits per heavy atom. The van der Waals surface area contributed by atoms with E-state index in [1.54, 1.807) is 23.9 Å². The van der Waals surface area contributed by atoms with Crippen molar-refractivity contribution in [2.24, 2.45) is 0 Å². The third kappa shape index (κ3) is 1.57. The predicted molar refractivity (Wildman–Crippen MR) is 63.3 cm³/mol. The topological polar surface area (TPSA) is 40.5 Å². The highest BCUT2D eigenvalue weighted by atomic mass is 32.2. The number of thioether (sulfide) groups is 1. The molecule has 3 nitrogen and oxygen atoms in total. The van der Waals surface area contributed by atoms with Gasteiger partial charge in [0.25, 0.3) is 0 Å². The molecule has 1 aromatic rings. The van der Waals surface area contributed by atoms with Gasteiger partial charge in [-0.3, -0.25) is 4.79 Å². The zero-order valence-electron chi connectivity index (χ0n) is 8.80. The van der Waals surface area contributed by atoms with Crippen LogP contribution < -0.4 is 0 Å². The molecular weight excluding hydrogens is 222 g/mol. The number of fused-ring (bicyclic) bond motifs is 2. The van der Waals surface area contributed by atoms with Gasteiger partial charge >= 0.3 is 0 Å². The molecule has 2 fully saturated rings. The minimum absolute atomic E-state index is 0.197. The van der Waals surface area contributed by atoms with Crippen LogP contribution in [-0.2, 0) is 11.3 Å². The highest BCUT2D eigenvalue weighted by molar-refractivity contribution is 8.01. The van der Waals surface area contributed by atoms with Gasteiger partial charge in [-0.1, -0.05) is 12.1 Å². The van der Waals surface area contributed by atoms with Gasteiger partial charge in [0, 0.05) is 18.3 Å². The Morgan fingerprint density at radius 2 is 2.38 bits per heavy atom. The monoisotopic (exact) mass is 235 g/mol. The van der Waals surface area contributed by atoms with E-state index in [4.69, 9.17) is 0 Å². The van der Waals surface area contributed by atoms with Gasteiger partial charge < -0.3 is 10.0 Å². The molecule has 3 rings (SSSR count). The fourth-order valence-corrected chi connectivity index (χ4v) is 3.83. The third-order valence-corrected chi connectivity index (χ3v) is 4.61. The molecule has 16 heavy (non-hydrogen) atoms. The van der Waals surface area contributed by atoms with E-state index in [-0.39, 0.29) is 16.9 Å². The van der Waals surface area contributed by atoms with Crippen molar-refractivity contribution >= 4 is 17.7 Å². The molecule has 2 atom stereocenters. The molecule has 2 aliphatic heterocycles. The summed E-state index contributed by atoms with van der Waals surface area (Å²) >= 11 is 1.78. The summed E-state index contributed by atoms with van der Waals surface area (Å²) in [6.45, 7) is 0.634. The average molecular weight is 235 g/mol. The van der Waals surface area contributed by atoms with Gasteiger partial charge in [-0.2, -0.15) is 0 Å². The van der Waals surface area contributed by atoms with Crippen LogP contribution in [0.2, 0.25) is 0 Å². The molecule has 0 saturated carbocycles. The van der Waals surface area contributed by atoms with Crippen molar-refractivity contribution in [1.82, 2.24) is 4.90 Å². The van der Waals surface area contributed by atoms with E-state index in [1.165, 1.54) is 0 Å². The van der Waals surface area contributed by atoms with E-state index in [2.05, 4.69) is 0 Å². The minimum atomic E-state index is 0.197. The van der Waals surface area contributed by atoms with Gasteiger partial charge in [0.15, 0.2) is 0 Å². The van der Waals surface area contributed by atoms with E-state index in [0.717, 1.165) is 17.7 Å². The maximum absolute atomic E-state index is 11.9. The highest BCUT2D eigenvalue weighted by Gasteiger charge is 2.45. The van der Waals surface area contributed by atoms with Crippen molar-refractivity contribution in [2.45, 2.75) is 24.3 Å². The number of amides is 1. The second-order valence-corrected chi connectivity index (χ2v) is 5.58. The maximum Gasteiger partial charge on any atom is 0.236 e. The molecule has 1 amide bonds. The summed E-state index contributed by atoms with van der Waals surface area (Å²) < 4.78 is 0. The number of likely N-dealkylation sites (tertiary alicyclic amines) is 1. The second-order valence-electron chi connectivity index (χ2n) is 4.35. The van der Waals surface area contributed by atoms with Gasteiger partial charge in [-0.05, 0) is 24.1 Å². The van der Waals surface area contributed by atoms with Crippen LogP contribution in [0.4, 0.5) is 0 Å². The van der Waals surface area contributed by atoms with E-state index in [1.807, 2.05) is 17.0 Å². The smallest absolute Gasteiger partial charge is 0.236 e. The Morgan fingerprint density at radius 1 is 1.50 bits per heavy atom. The first-order valence-corrected chi connectivity index (χ1v) is 6.49. The Kier molecular flexibility index (Phi) is 2.32.